The lowest BCUT2D eigenvalue weighted by Gasteiger charge is -2.18. The molecule has 1 aromatic rings. The minimum atomic E-state index is -4.29. The summed E-state index contributed by atoms with van der Waals surface area (Å²) in [6.07, 6.45) is -3.57. The molecule has 1 aromatic carbocycles. The van der Waals surface area contributed by atoms with Crippen LogP contribution in [0.1, 0.15) is 37.4 Å². The van der Waals surface area contributed by atoms with Crippen LogP contribution in [0, 0.1) is 5.92 Å². The van der Waals surface area contributed by atoms with Crippen molar-refractivity contribution in [3.63, 3.8) is 0 Å². The largest absolute Gasteiger partial charge is 0.416 e. The molecule has 0 aromatic heterocycles. The summed E-state index contributed by atoms with van der Waals surface area (Å²) in [6, 6.07) is 5.19. The molecule has 2 nitrogen and oxygen atoms in total. The number of aliphatic hydroxyl groups is 1. The van der Waals surface area contributed by atoms with E-state index in [-0.39, 0.29) is 12.6 Å². The van der Waals surface area contributed by atoms with Crippen molar-refractivity contribution in [2.45, 2.75) is 32.5 Å². The Morgan fingerprint density at radius 2 is 1.74 bits per heavy atom. The maximum Gasteiger partial charge on any atom is 0.416 e. The molecule has 0 radical (unpaired) electrons. The number of aliphatic hydroxyl groups excluding tert-OH is 1. The molecule has 0 bridgehead atoms. The fraction of sp³-hybridized carbons (Fsp3) is 0.571. The van der Waals surface area contributed by atoms with Gasteiger partial charge in [0.05, 0.1) is 5.56 Å². The second-order valence-corrected chi connectivity index (χ2v) is 4.87. The Morgan fingerprint density at radius 1 is 1.16 bits per heavy atom. The number of alkyl halides is 3. The maximum absolute atomic E-state index is 12.4. The predicted octanol–water partition coefficient (Wildman–Crippen LogP) is 3.37. The second kappa shape index (κ2) is 6.91. The molecular weight excluding hydrogens is 255 g/mol. The monoisotopic (exact) mass is 275 g/mol. The summed E-state index contributed by atoms with van der Waals surface area (Å²) >= 11 is 0. The topological polar surface area (TPSA) is 32.3 Å². The van der Waals surface area contributed by atoms with Gasteiger partial charge in [0.15, 0.2) is 0 Å². The van der Waals surface area contributed by atoms with E-state index >= 15 is 0 Å². The Bertz CT molecular complexity index is 375. The number of rotatable bonds is 6. The molecule has 2 N–H and O–H groups in total. The summed E-state index contributed by atoms with van der Waals surface area (Å²) in [5.74, 6) is 0.335. The van der Waals surface area contributed by atoms with E-state index in [1.54, 1.807) is 0 Å². The number of nitrogens with one attached hydrogen (secondary N) is 1. The molecule has 5 heteroatoms. The number of hydrogen-bond acceptors (Lipinski definition) is 2. The van der Waals surface area contributed by atoms with Crippen molar-refractivity contribution in [3.05, 3.63) is 35.4 Å². The number of hydrogen-bond donors (Lipinski definition) is 2. The standard InChI is InChI=1S/C14H20F3NO/c1-10(7-8-19)9-18-11(2)12-3-5-13(6-4-12)14(15,16)17/h3-6,10-11,18-19H,7-9H2,1-2H3. The summed E-state index contributed by atoms with van der Waals surface area (Å²) < 4.78 is 37.3. The van der Waals surface area contributed by atoms with E-state index in [0.717, 1.165) is 24.2 Å². The zero-order valence-electron chi connectivity index (χ0n) is 11.2. The third kappa shape index (κ3) is 5.20. The lowest BCUT2D eigenvalue weighted by atomic mass is 10.0. The van der Waals surface area contributed by atoms with Gasteiger partial charge >= 0.3 is 6.18 Å². The van der Waals surface area contributed by atoms with Crippen molar-refractivity contribution in [2.75, 3.05) is 13.2 Å². The quantitative estimate of drug-likeness (QED) is 0.834. The summed E-state index contributed by atoms with van der Waals surface area (Å²) in [7, 11) is 0. The molecule has 2 atom stereocenters. The minimum absolute atomic E-state index is 0.0107. The molecule has 0 aliphatic heterocycles. The van der Waals surface area contributed by atoms with Gasteiger partial charge in [-0.05, 0) is 43.5 Å². The van der Waals surface area contributed by atoms with Crippen LogP contribution in [-0.4, -0.2) is 18.3 Å². The SMILES string of the molecule is CC(CCO)CNC(C)c1ccc(C(F)(F)F)cc1. The van der Waals surface area contributed by atoms with Gasteiger partial charge < -0.3 is 10.4 Å². The molecule has 0 amide bonds. The molecular formula is C14H20F3NO. The van der Waals surface area contributed by atoms with Gasteiger partial charge in [0.2, 0.25) is 0 Å². The van der Waals surface area contributed by atoms with Crippen LogP contribution in [0.25, 0.3) is 0 Å². The molecule has 0 spiro atoms. The van der Waals surface area contributed by atoms with Crippen LogP contribution in [0.4, 0.5) is 13.2 Å². The Kier molecular flexibility index (Phi) is 5.82. The molecule has 0 heterocycles. The van der Waals surface area contributed by atoms with E-state index in [1.807, 2.05) is 13.8 Å². The van der Waals surface area contributed by atoms with E-state index in [2.05, 4.69) is 5.32 Å². The Morgan fingerprint density at radius 3 is 2.21 bits per heavy atom. The van der Waals surface area contributed by atoms with Gasteiger partial charge in [-0.1, -0.05) is 19.1 Å². The van der Waals surface area contributed by atoms with Gasteiger partial charge in [0.25, 0.3) is 0 Å². The van der Waals surface area contributed by atoms with E-state index in [0.29, 0.717) is 12.3 Å². The third-order valence-electron chi connectivity index (χ3n) is 3.13. The number of halogens is 3. The highest BCUT2D eigenvalue weighted by Gasteiger charge is 2.30. The van der Waals surface area contributed by atoms with E-state index in [1.165, 1.54) is 12.1 Å². The van der Waals surface area contributed by atoms with Crippen LogP contribution in [0.5, 0.6) is 0 Å². The lowest BCUT2D eigenvalue weighted by molar-refractivity contribution is -0.137. The van der Waals surface area contributed by atoms with Crippen molar-refractivity contribution in [3.8, 4) is 0 Å². The first-order valence-electron chi connectivity index (χ1n) is 6.36. The fourth-order valence-corrected chi connectivity index (χ4v) is 1.78. The molecule has 2 unspecified atom stereocenters. The first-order chi connectivity index (χ1) is 8.84. The van der Waals surface area contributed by atoms with Crippen LogP contribution < -0.4 is 5.32 Å². The summed E-state index contributed by atoms with van der Waals surface area (Å²) in [5, 5.41) is 12.0. The third-order valence-corrected chi connectivity index (χ3v) is 3.13. The Labute approximate surface area is 111 Å². The molecule has 0 aliphatic carbocycles. The average molecular weight is 275 g/mol. The van der Waals surface area contributed by atoms with Crippen molar-refractivity contribution >= 4 is 0 Å². The number of benzene rings is 1. The van der Waals surface area contributed by atoms with Crippen LogP contribution in [0.3, 0.4) is 0 Å². The average Bonchev–Trinajstić information content (AvgIpc) is 2.35. The van der Waals surface area contributed by atoms with Crippen LogP contribution in [-0.2, 0) is 6.18 Å². The predicted molar refractivity (Wildman–Crippen MR) is 68.7 cm³/mol. The lowest BCUT2D eigenvalue weighted by Crippen LogP contribution is -2.25. The zero-order valence-corrected chi connectivity index (χ0v) is 11.2. The normalized spacial score (nSPS) is 15.3. The maximum atomic E-state index is 12.4. The van der Waals surface area contributed by atoms with Crippen molar-refractivity contribution < 1.29 is 18.3 Å². The Balaban J connectivity index is 2.56. The van der Waals surface area contributed by atoms with E-state index < -0.39 is 11.7 Å². The van der Waals surface area contributed by atoms with Gasteiger partial charge in [0, 0.05) is 12.6 Å². The fourth-order valence-electron chi connectivity index (χ4n) is 1.78. The smallest absolute Gasteiger partial charge is 0.396 e. The molecule has 0 fully saturated rings. The van der Waals surface area contributed by atoms with Crippen LogP contribution in [0.2, 0.25) is 0 Å². The van der Waals surface area contributed by atoms with Gasteiger partial charge in [-0.15, -0.1) is 0 Å². The first kappa shape index (κ1) is 16.0. The molecule has 1 rings (SSSR count). The van der Waals surface area contributed by atoms with Gasteiger partial charge in [-0.25, -0.2) is 0 Å². The molecule has 19 heavy (non-hydrogen) atoms. The highest BCUT2D eigenvalue weighted by Crippen LogP contribution is 2.29. The molecule has 0 saturated heterocycles. The minimum Gasteiger partial charge on any atom is -0.396 e. The molecule has 0 saturated carbocycles. The first-order valence-corrected chi connectivity index (χ1v) is 6.36. The van der Waals surface area contributed by atoms with E-state index in [4.69, 9.17) is 5.11 Å². The Hall–Kier alpha value is -1.07. The summed E-state index contributed by atoms with van der Waals surface area (Å²) in [5.41, 5.74) is 0.196. The van der Waals surface area contributed by atoms with E-state index in [9.17, 15) is 13.2 Å². The van der Waals surface area contributed by atoms with Gasteiger partial charge in [-0.2, -0.15) is 13.2 Å². The van der Waals surface area contributed by atoms with Crippen molar-refractivity contribution in [2.24, 2.45) is 5.92 Å². The van der Waals surface area contributed by atoms with Crippen LogP contribution in [0.15, 0.2) is 24.3 Å². The summed E-state index contributed by atoms with van der Waals surface area (Å²) in [4.78, 5) is 0. The molecule has 0 aliphatic rings. The van der Waals surface area contributed by atoms with Crippen LogP contribution >= 0.6 is 0 Å². The van der Waals surface area contributed by atoms with Gasteiger partial charge in [0.1, 0.15) is 0 Å². The molecule has 108 valence electrons. The highest BCUT2D eigenvalue weighted by atomic mass is 19.4. The van der Waals surface area contributed by atoms with Gasteiger partial charge in [-0.3, -0.25) is 0 Å². The zero-order chi connectivity index (χ0) is 14.5. The highest BCUT2D eigenvalue weighted by molar-refractivity contribution is 5.26. The second-order valence-electron chi connectivity index (χ2n) is 4.87. The van der Waals surface area contributed by atoms with Crippen molar-refractivity contribution in [1.29, 1.82) is 0 Å². The summed E-state index contributed by atoms with van der Waals surface area (Å²) in [6.45, 7) is 4.80. The van der Waals surface area contributed by atoms with Crippen molar-refractivity contribution in [1.82, 2.24) is 5.32 Å².